The van der Waals surface area contributed by atoms with E-state index < -0.39 is 0 Å². The fourth-order valence-corrected chi connectivity index (χ4v) is 4.41. The number of rotatable bonds is 6. The maximum Gasteiger partial charge on any atom is 0.123 e. The van der Waals surface area contributed by atoms with E-state index in [1.807, 2.05) is 42.5 Å². The van der Waals surface area contributed by atoms with Crippen LogP contribution >= 0.6 is 15.9 Å². The smallest absolute Gasteiger partial charge is 0.123 e. The van der Waals surface area contributed by atoms with Crippen LogP contribution in [-0.2, 0) is 6.42 Å². The number of benzene rings is 2. The van der Waals surface area contributed by atoms with Gasteiger partial charge in [0.1, 0.15) is 5.82 Å². The van der Waals surface area contributed by atoms with Crippen molar-refractivity contribution in [3.05, 3.63) is 108 Å². The van der Waals surface area contributed by atoms with Gasteiger partial charge in [0.15, 0.2) is 0 Å². The Morgan fingerprint density at radius 1 is 0.893 bits per heavy atom. The molecule has 3 nitrogen and oxygen atoms in total. The second-order valence-corrected chi connectivity index (χ2v) is 7.80. The lowest BCUT2D eigenvalue weighted by atomic mass is 9.86. The molecule has 0 bridgehead atoms. The molecule has 2 aromatic heterocycles. The van der Waals surface area contributed by atoms with Crippen LogP contribution in [0.1, 0.15) is 22.7 Å². The Morgan fingerprint density at radius 3 is 2.29 bits per heavy atom. The van der Waals surface area contributed by atoms with E-state index in [1.165, 1.54) is 17.7 Å². The first-order chi connectivity index (χ1) is 13.7. The van der Waals surface area contributed by atoms with E-state index in [-0.39, 0.29) is 16.6 Å². The third-order valence-electron chi connectivity index (χ3n) is 4.82. The van der Waals surface area contributed by atoms with Crippen molar-refractivity contribution >= 4 is 15.9 Å². The normalized spacial score (nSPS) is 13.2. The van der Waals surface area contributed by atoms with Gasteiger partial charge in [-0.2, -0.15) is 0 Å². The van der Waals surface area contributed by atoms with E-state index in [0.29, 0.717) is 0 Å². The molecule has 28 heavy (non-hydrogen) atoms. The molecule has 2 aromatic carbocycles. The highest BCUT2D eigenvalue weighted by Crippen LogP contribution is 2.35. The fourth-order valence-electron chi connectivity index (χ4n) is 3.49. The summed E-state index contributed by atoms with van der Waals surface area (Å²) in [4.78, 5) is 12.0. The van der Waals surface area contributed by atoms with Crippen molar-refractivity contribution in [2.24, 2.45) is 0 Å². The topological polar surface area (TPSA) is 41.6 Å². The average Bonchev–Trinajstić information content (AvgIpc) is 3.19. The Morgan fingerprint density at radius 2 is 1.57 bits per heavy atom. The highest BCUT2D eigenvalue weighted by Gasteiger charge is 2.25. The Hall–Kier alpha value is -2.79. The van der Waals surface area contributed by atoms with Gasteiger partial charge in [-0.25, -0.2) is 9.37 Å². The molecule has 4 rings (SSSR count). The number of aromatic amines is 1. The van der Waals surface area contributed by atoms with Gasteiger partial charge in [0.25, 0.3) is 0 Å². The van der Waals surface area contributed by atoms with E-state index >= 15 is 0 Å². The zero-order valence-electron chi connectivity index (χ0n) is 15.1. The van der Waals surface area contributed by atoms with Crippen LogP contribution in [0.2, 0.25) is 0 Å². The zero-order chi connectivity index (χ0) is 19.3. The third-order valence-corrected chi connectivity index (χ3v) is 5.68. The lowest BCUT2D eigenvalue weighted by molar-refractivity contribution is 0.625. The molecule has 0 aliphatic rings. The van der Waals surface area contributed by atoms with Gasteiger partial charge in [-0.05, 0) is 35.4 Å². The van der Waals surface area contributed by atoms with Crippen LogP contribution in [0.25, 0.3) is 11.3 Å². The average molecular weight is 436 g/mol. The molecule has 0 aliphatic carbocycles. The van der Waals surface area contributed by atoms with Gasteiger partial charge in [0, 0.05) is 35.1 Å². The molecule has 0 spiro atoms. The Balaban J connectivity index is 1.67. The van der Waals surface area contributed by atoms with Gasteiger partial charge < -0.3 is 4.98 Å². The van der Waals surface area contributed by atoms with Gasteiger partial charge >= 0.3 is 0 Å². The van der Waals surface area contributed by atoms with E-state index in [2.05, 4.69) is 43.0 Å². The molecular formula is C23H19BrFN3. The molecule has 0 fully saturated rings. The predicted octanol–water partition coefficient (Wildman–Crippen LogP) is 5.75. The number of aromatic nitrogens is 3. The summed E-state index contributed by atoms with van der Waals surface area (Å²) in [6.45, 7) is 0. The molecule has 0 radical (unpaired) electrons. The summed E-state index contributed by atoms with van der Waals surface area (Å²) < 4.78 is 13.5. The monoisotopic (exact) mass is 435 g/mol. The molecular weight excluding hydrogens is 417 g/mol. The summed E-state index contributed by atoms with van der Waals surface area (Å²) in [5.41, 5.74) is 5.28. The van der Waals surface area contributed by atoms with Crippen molar-refractivity contribution in [1.82, 2.24) is 15.0 Å². The van der Waals surface area contributed by atoms with Crippen LogP contribution in [0.4, 0.5) is 4.39 Å². The number of halogens is 2. The molecule has 140 valence electrons. The summed E-state index contributed by atoms with van der Waals surface area (Å²) in [5.74, 6) is -0.155. The number of H-pyrrole nitrogens is 1. The summed E-state index contributed by atoms with van der Waals surface area (Å²) in [6.07, 6.45) is 5.99. The van der Waals surface area contributed by atoms with Gasteiger partial charge in [0.05, 0.1) is 17.7 Å². The number of imidazole rings is 1. The Kier molecular flexibility index (Phi) is 5.63. The maximum atomic E-state index is 13.5. The summed E-state index contributed by atoms with van der Waals surface area (Å²) in [7, 11) is 0. The van der Waals surface area contributed by atoms with Crippen molar-refractivity contribution in [1.29, 1.82) is 0 Å². The third kappa shape index (κ3) is 4.04. The molecule has 0 aliphatic heterocycles. The molecule has 4 aromatic rings. The number of nitrogens with one attached hydrogen (secondary N) is 1. The lowest BCUT2D eigenvalue weighted by Gasteiger charge is -2.24. The largest absolute Gasteiger partial charge is 0.344 e. The minimum absolute atomic E-state index is 0.0730. The van der Waals surface area contributed by atoms with Crippen molar-refractivity contribution in [2.75, 3.05) is 0 Å². The van der Waals surface area contributed by atoms with Crippen molar-refractivity contribution < 1.29 is 4.39 Å². The number of pyridine rings is 1. The molecule has 2 unspecified atom stereocenters. The number of nitrogens with zero attached hydrogens (tertiary/aromatic N) is 2. The fraction of sp³-hybridized carbons (Fsp3) is 0.130. The summed E-state index contributed by atoms with van der Waals surface area (Å²) in [6, 6.07) is 21.0. The van der Waals surface area contributed by atoms with Crippen LogP contribution in [0.5, 0.6) is 0 Å². The maximum absolute atomic E-state index is 13.5. The summed E-state index contributed by atoms with van der Waals surface area (Å²) in [5, 5.41) is 0. The van der Waals surface area contributed by atoms with Gasteiger partial charge in [-0.1, -0.05) is 58.4 Å². The molecule has 1 N–H and O–H groups in total. The molecule has 0 amide bonds. The van der Waals surface area contributed by atoms with E-state index in [0.717, 1.165) is 28.9 Å². The van der Waals surface area contributed by atoms with Crippen LogP contribution in [-0.4, -0.2) is 19.8 Å². The van der Waals surface area contributed by atoms with Crippen molar-refractivity contribution in [2.45, 2.75) is 17.2 Å². The number of alkyl halides is 1. The first kappa shape index (κ1) is 18.6. The van der Waals surface area contributed by atoms with Crippen LogP contribution in [0.3, 0.4) is 0 Å². The zero-order valence-corrected chi connectivity index (χ0v) is 16.7. The minimum Gasteiger partial charge on any atom is -0.344 e. The second kappa shape index (κ2) is 8.48. The first-order valence-corrected chi connectivity index (χ1v) is 10.0. The molecule has 2 heterocycles. The Bertz CT molecular complexity index is 1020. The van der Waals surface area contributed by atoms with Crippen molar-refractivity contribution in [3.63, 3.8) is 0 Å². The first-order valence-electron chi connectivity index (χ1n) is 9.09. The van der Waals surface area contributed by atoms with Crippen LogP contribution in [0, 0.1) is 5.82 Å². The number of hydrogen-bond acceptors (Lipinski definition) is 2. The SMILES string of the molecule is Fc1ccc(C(c2ccccc2)C(Br)Cc2nc[nH]c2-c2ccncc2)cc1. The summed E-state index contributed by atoms with van der Waals surface area (Å²) >= 11 is 3.90. The van der Waals surface area contributed by atoms with E-state index in [9.17, 15) is 4.39 Å². The predicted molar refractivity (Wildman–Crippen MR) is 113 cm³/mol. The van der Waals surface area contributed by atoms with Gasteiger partial charge in [-0.15, -0.1) is 0 Å². The molecule has 0 saturated carbocycles. The Labute approximate surface area is 171 Å². The highest BCUT2D eigenvalue weighted by atomic mass is 79.9. The van der Waals surface area contributed by atoms with Crippen molar-refractivity contribution in [3.8, 4) is 11.3 Å². The van der Waals surface area contributed by atoms with E-state index in [4.69, 9.17) is 0 Å². The molecule has 0 saturated heterocycles. The number of hydrogen-bond donors (Lipinski definition) is 1. The van der Waals surface area contributed by atoms with Crippen LogP contribution in [0.15, 0.2) is 85.5 Å². The van der Waals surface area contributed by atoms with Crippen LogP contribution < -0.4 is 0 Å². The van der Waals surface area contributed by atoms with Gasteiger partial charge in [-0.3, -0.25) is 4.98 Å². The highest BCUT2D eigenvalue weighted by molar-refractivity contribution is 9.09. The van der Waals surface area contributed by atoms with Gasteiger partial charge in [0.2, 0.25) is 0 Å². The quantitative estimate of drug-likeness (QED) is 0.391. The molecule has 2 atom stereocenters. The van der Waals surface area contributed by atoms with E-state index in [1.54, 1.807) is 18.7 Å². The lowest BCUT2D eigenvalue weighted by Crippen LogP contribution is -2.17. The molecule has 5 heteroatoms. The standard InChI is InChI=1S/C23H19BrFN3/c24-20(14-21-23(28-15-27-21)18-10-12-26-13-11-18)22(16-4-2-1-3-5-16)17-6-8-19(25)9-7-17/h1-13,15,20,22H,14H2,(H,27,28). The second-order valence-electron chi connectivity index (χ2n) is 6.62. The minimum atomic E-state index is -0.228.